The van der Waals surface area contributed by atoms with Gasteiger partial charge in [-0.3, -0.25) is 9.59 Å². The van der Waals surface area contributed by atoms with Gasteiger partial charge in [-0.25, -0.2) is 0 Å². The van der Waals surface area contributed by atoms with E-state index in [1.807, 2.05) is 38.1 Å². The monoisotopic (exact) mass is 246 g/mol. The number of amides is 2. The van der Waals surface area contributed by atoms with Crippen LogP contribution in [-0.4, -0.2) is 24.9 Å². The molecule has 1 aromatic carbocycles. The summed E-state index contributed by atoms with van der Waals surface area (Å²) in [5.74, 6) is 0.154. The zero-order valence-electron chi connectivity index (χ0n) is 10.7. The fourth-order valence-electron chi connectivity index (χ4n) is 2.09. The molecule has 1 aromatic rings. The van der Waals surface area contributed by atoms with Gasteiger partial charge in [0.1, 0.15) is 0 Å². The van der Waals surface area contributed by atoms with Gasteiger partial charge in [0.15, 0.2) is 0 Å². The normalized spacial score (nSPS) is 18.2. The van der Waals surface area contributed by atoms with Crippen molar-refractivity contribution in [2.75, 3.05) is 13.1 Å². The average Bonchev–Trinajstić information content (AvgIpc) is 2.38. The van der Waals surface area contributed by atoms with E-state index < -0.39 is 0 Å². The number of benzene rings is 1. The van der Waals surface area contributed by atoms with E-state index >= 15 is 0 Å². The number of fused-ring (bicyclic) bond motifs is 1. The van der Waals surface area contributed by atoms with Crippen LogP contribution in [0.1, 0.15) is 35.7 Å². The van der Waals surface area contributed by atoms with E-state index in [4.69, 9.17) is 0 Å². The first kappa shape index (κ1) is 12.6. The maximum absolute atomic E-state index is 11.7. The van der Waals surface area contributed by atoms with Crippen molar-refractivity contribution >= 4 is 11.8 Å². The summed E-state index contributed by atoms with van der Waals surface area (Å²) in [6.07, 6.45) is 0. The van der Waals surface area contributed by atoms with Gasteiger partial charge in [-0.05, 0) is 11.6 Å². The number of rotatable bonds is 3. The molecule has 0 spiro atoms. The van der Waals surface area contributed by atoms with Gasteiger partial charge < -0.3 is 10.6 Å². The number of hydrogen-bond donors (Lipinski definition) is 2. The van der Waals surface area contributed by atoms with Crippen LogP contribution >= 0.6 is 0 Å². The average molecular weight is 246 g/mol. The molecule has 0 radical (unpaired) electrons. The summed E-state index contributed by atoms with van der Waals surface area (Å²) in [5.41, 5.74) is 1.73. The van der Waals surface area contributed by atoms with Crippen molar-refractivity contribution in [3.05, 3.63) is 35.4 Å². The van der Waals surface area contributed by atoms with Crippen LogP contribution in [0.15, 0.2) is 24.3 Å². The van der Waals surface area contributed by atoms with Crippen LogP contribution in [0.3, 0.4) is 0 Å². The van der Waals surface area contributed by atoms with Gasteiger partial charge in [-0.2, -0.15) is 0 Å². The fourth-order valence-corrected chi connectivity index (χ4v) is 2.09. The second-order valence-electron chi connectivity index (χ2n) is 4.89. The Hall–Kier alpha value is -1.84. The summed E-state index contributed by atoms with van der Waals surface area (Å²) < 4.78 is 0. The summed E-state index contributed by atoms with van der Waals surface area (Å²) >= 11 is 0. The molecule has 0 aliphatic carbocycles. The molecule has 1 atom stereocenters. The molecule has 1 unspecified atom stereocenters. The molecule has 1 aliphatic rings. The van der Waals surface area contributed by atoms with E-state index in [2.05, 4.69) is 10.6 Å². The Balaban J connectivity index is 2.10. The Labute approximate surface area is 107 Å². The number of hydrogen-bond acceptors (Lipinski definition) is 2. The molecular formula is C14H18N2O2. The standard InChI is InChI=1S/C14H18N2O2/c1-9(2)13(17)15-7-10-8-16-14(18)12-6-4-3-5-11(10)12/h3-6,9-10H,7-8H2,1-2H3,(H,15,17)(H,16,18). The molecule has 2 amide bonds. The summed E-state index contributed by atoms with van der Waals surface area (Å²) in [6, 6.07) is 7.56. The lowest BCUT2D eigenvalue weighted by Crippen LogP contribution is -2.41. The van der Waals surface area contributed by atoms with Crippen LogP contribution in [0.2, 0.25) is 0 Å². The van der Waals surface area contributed by atoms with Crippen LogP contribution in [-0.2, 0) is 4.79 Å². The number of carbonyl (C=O) groups is 2. The minimum Gasteiger partial charge on any atom is -0.355 e. The van der Waals surface area contributed by atoms with E-state index in [0.29, 0.717) is 18.7 Å². The molecule has 0 fully saturated rings. The van der Waals surface area contributed by atoms with Crippen molar-refractivity contribution < 1.29 is 9.59 Å². The van der Waals surface area contributed by atoms with Crippen LogP contribution in [0, 0.1) is 5.92 Å². The van der Waals surface area contributed by atoms with Crippen LogP contribution in [0.4, 0.5) is 0 Å². The number of nitrogens with one attached hydrogen (secondary N) is 2. The third-order valence-corrected chi connectivity index (χ3v) is 3.20. The molecule has 96 valence electrons. The van der Waals surface area contributed by atoms with Gasteiger partial charge >= 0.3 is 0 Å². The first-order chi connectivity index (χ1) is 8.59. The van der Waals surface area contributed by atoms with Crippen molar-refractivity contribution in [3.8, 4) is 0 Å². The highest BCUT2D eigenvalue weighted by Gasteiger charge is 2.25. The quantitative estimate of drug-likeness (QED) is 0.844. The Kier molecular flexibility index (Phi) is 3.65. The van der Waals surface area contributed by atoms with Gasteiger partial charge in [-0.1, -0.05) is 32.0 Å². The highest BCUT2D eigenvalue weighted by atomic mass is 16.2. The van der Waals surface area contributed by atoms with E-state index in [1.54, 1.807) is 0 Å². The Morgan fingerprint density at radius 3 is 2.89 bits per heavy atom. The summed E-state index contributed by atoms with van der Waals surface area (Å²) in [7, 11) is 0. The van der Waals surface area contributed by atoms with Crippen molar-refractivity contribution in [3.63, 3.8) is 0 Å². The van der Waals surface area contributed by atoms with Gasteiger partial charge in [0.25, 0.3) is 5.91 Å². The second-order valence-corrected chi connectivity index (χ2v) is 4.89. The highest BCUT2D eigenvalue weighted by Crippen LogP contribution is 2.23. The molecule has 0 bridgehead atoms. The van der Waals surface area contributed by atoms with Gasteiger partial charge in [0, 0.05) is 30.5 Å². The molecule has 0 aromatic heterocycles. The zero-order valence-corrected chi connectivity index (χ0v) is 10.7. The molecule has 1 heterocycles. The molecule has 4 nitrogen and oxygen atoms in total. The second kappa shape index (κ2) is 5.21. The van der Waals surface area contributed by atoms with Crippen molar-refractivity contribution in [2.24, 2.45) is 5.92 Å². The molecule has 0 saturated heterocycles. The van der Waals surface area contributed by atoms with Crippen LogP contribution in [0.5, 0.6) is 0 Å². The lowest BCUT2D eigenvalue weighted by molar-refractivity contribution is -0.124. The fraction of sp³-hybridized carbons (Fsp3) is 0.429. The SMILES string of the molecule is CC(C)C(=O)NCC1CNC(=O)c2ccccc21. The third kappa shape index (κ3) is 2.53. The van der Waals surface area contributed by atoms with E-state index in [9.17, 15) is 9.59 Å². The van der Waals surface area contributed by atoms with Crippen molar-refractivity contribution in [2.45, 2.75) is 19.8 Å². The summed E-state index contributed by atoms with van der Waals surface area (Å²) in [6.45, 7) is 4.88. The third-order valence-electron chi connectivity index (χ3n) is 3.20. The maximum atomic E-state index is 11.7. The first-order valence-electron chi connectivity index (χ1n) is 6.24. The summed E-state index contributed by atoms with van der Waals surface area (Å²) in [4.78, 5) is 23.2. The van der Waals surface area contributed by atoms with Crippen LogP contribution in [0.25, 0.3) is 0 Å². The van der Waals surface area contributed by atoms with Gasteiger partial charge in [0.2, 0.25) is 5.91 Å². The first-order valence-corrected chi connectivity index (χ1v) is 6.24. The van der Waals surface area contributed by atoms with E-state index in [0.717, 1.165) is 5.56 Å². The number of carbonyl (C=O) groups excluding carboxylic acids is 2. The van der Waals surface area contributed by atoms with E-state index in [1.165, 1.54) is 0 Å². The Morgan fingerprint density at radius 2 is 2.17 bits per heavy atom. The molecule has 1 aliphatic heterocycles. The Morgan fingerprint density at radius 1 is 1.44 bits per heavy atom. The minimum absolute atomic E-state index is 0.0153. The maximum Gasteiger partial charge on any atom is 0.251 e. The largest absolute Gasteiger partial charge is 0.355 e. The molecule has 2 rings (SSSR count). The Bertz CT molecular complexity index is 469. The van der Waals surface area contributed by atoms with Crippen LogP contribution < -0.4 is 10.6 Å². The molecular weight excluding hydrogens is 228 g/mol. The van der Waals surface area contributed by atoms with Crippen molar-refractivity contribution in [1.82, 2.24) is 10.6 Å². The minimum atomic E-state index is -0.0305. The lowest BCUT2D eigenvalue weighted by Gasteiger charge is -2.26. The molecule has 4 heteroatoms. The molecule has 2 N–H and O–H groups in total. The van der Waals surface area contributed by atoms with Crippen molar-refractivity contribution in [1.29, 1.82) is 0 Å². The lowest BCUT2D eigenvalue weighted by atomic mass is 9.90. The van der Waals surface area contributed by atoms with E-state index in [-0.39, 0.29) is 23.7 Å². The van der Waals surface area contributed by atoms with Gasteiger partial charge in [0.05, 0.1) is 0 Å². The van der Waals surface area contributed by atoms with Gasteiger partial charge in [-0.15, -0.1) is 0 Å². The zero-order chi connectivity index (χ0) is 13.1. The topological polar surface area (TPSA) is 58.2 Å². The molecule has 0 saturated carbocycles. The predicted octanol–water partition coefficient (Wildman–Crippen LogP) is 1.29. The molecule has 18 heavy (non-hydrogen) atoms. The summed E-state index contributed by atoms with van der Waals surface area (Å²) in [5, 5.41) is 5.77. The predicted molar refractivity (Wildman–Crippen MR) is 69.4 cm³/mol. The smallest absolute Gasteiger partial charge is 0.251 e. The highest BCUT2D eigenvalue weighted by molar-refractivity contribution is 5.97.